The molecule has 0 aliphatic carbocycles. The Morgan fingerprint density at radius 3 is 2.24 bits per heavy atom. The SMILES string of the molecule is CN(C)S(=O)(=O)N(C)c1ccc(C(=O)O)cn1. The molecule has 0 aromatic carbocycles. The zero-order chi connectivity index (χ0) is 13.2. The van der Waals surface area contributed by atoms with Crippen molar-refractivity contribution in [3.63, 3.8) is 0 Å². The predicted octanol–water partition coefficient (Wildman–Crippen LogP) is 0.0224. The van der Waals surface area contributed by atoms with E-state index in [-0.39, 0.29) is 11.4 Å². The van der Waals surface area contributed by atoms with Crippen LogP contribution in [0.3, 0.4) is 0 Å². The van der Waals surface area contributed by atoms with Crippen LogP contribution in [0, 0.1) is 0 Å². The molecule has 1 N–H and O–H groups in total. The Kier molecular flexibility index (Phi) is 3.69. The van der Waals surface area contributed by atoms with Crippen LogP contribution < -0.4 is 4.31 Å². The van der Waals surface area contributed by atoms with Crippen LogP contribution in [0.4, 0.5) is 5.82 Å². The zero-order valence-corrected chi connectivity index (χ0v) is 10.5. The van der Waals surface area contributed by atoms with Crippen LogP contribution in [0.25, 0.3) is 0 Å². The van der Waals surface area contributed by atoms with Gasteiger partial charge in [-0.1, -0.05) is 0 Å². The summed E-state index contributed by atoms with van der Waals surface area (Å²) in [4.78, 5) is 14.4. The monoisotopic (exact) mass is 259 g/mol. The van der Waals surface area contributed by atoms with Crippen molar-refractivity contribution in [3.05, 3.63) is 23.9 Å². The fourth-order valence-electron chi connectivity index (χ4n) is 1.06. The van der Waals surface area contributed by atoms with Crippen molar-refractivity contribution in [1.29, 1.82) is 0 Å². The zero-order valence-electron chi connectivity index (χ0n) is 9.65. The molecule has 8 heteroatoms. The van der Waals surface area contributed by atoms with Crippen LogP contribution in [0.2, 0.25) is 0 Å². The van der Waals surface area contributed by atoms with Crippen LogP contribution >= 0.6 is 0 Å². The number of pyridine rings is 1. The molecule has 0 radical (unpaired) electrons. The molecule has 94 valence electrons. The maximum absolute atomic E-state index is 11.7. The van der Waals surface area contributed by atoms with Crippen molar-refractivity contribution >= 4 is 22.0 Å². The average Bonchev–Trinajstić information content (AvgIpc) is 2.27. The van der Waals surface area contributed by atoms with Crippen LogP contribution in [0.5, 0.6) is 0 Å². The maximum atomic E-state index is 11.7. The molecule has 0 aliphatic rings. The van der Waals surface area contributed by atoms with Gasteiger partial charge in [0.1, 0.15) is 5.82 Å². The van der Waals surface area contributed by atoms with Crippen LogP contribution in [0.15, 0.2) is 18.3 Å². The van der Waals surface area contributed by atoms with Gasteiger partial charge in [-0.05, 0) is 12.1 Å². The number of hydrogen-bond donors (Lipinski definition) is 1. The Hall–Kier alpha value is -1.67. The molecule has 0 amide bonds. The smallest absolute Gasteiger partial charge is 0.337 e. The van der Waals surface area contributed by atoms with Gasteiger partial charge in [0, 0.05) is 27.3 Å². The summed E-state index contributed by atoms with van der Waals surface area (Å²) in [5.74, 6) is -0.953. The van der Waals surface area contributed by atoms with Gasteiger partial charge in [0.25, 0.3) is 0 Å². The lowest BCUT2D eigenvalue weighted by molar-refractivity contribution is 0.0696. The third kappa shape index (κ3) is 2.71. The molecule has 1 aromatic heterocycles. The third-order valence-corrected chi connectivity index (χ3v) is 3.93. The number of rotatable bonds is 4. The van der Waals surface area contributed by atoms with E-state index in [2.05, 4.69) is 4.98 Å². The number of nitrogens with zero attached hydrogens (tertiary/aromatic N) is 3. The highest BCUT2D eigenvalue weighted by molar-refractivity contribution is 7.90. The first-order chi connectivity index (χ1) is 7.76. The van der Waals surface area contributed by atoms with E-state index in [1.807, 2.05) is 0 Å². The van der Waals surface area contributed by atoms with Crippen molar-refractivity contribution in [2.45, 2.75) is 0 Å². The van der Waals surface area contributed by atoms with Crippen molar-refractivity contribution in [3.8, 4) is 0 Å². The molecule has 1 rings (SSSR count). The largest absolute Gasteiger partial charge is 0.478 e. The molecule has 0 atom stereocenters. The number of carboxylic acid groups (broad SMARTS) is 1. The van der Waals surface area contributed by atoms with E-state index in [1.165, 1.54) is 33.3 Å². The van der Waals surface area contributed by atoms with Gasteiger partial charge in [-0.3, -0.25) is 0 Å². The molecule has 17 heavy (non-hydrogen) atoms. The highest BCUT2D eigenvalue weighted by atomic mass is 32.2. The molecule has 1 aromatic rings. The number of carboxylic acids is 1. The summed E-state index contributed by atoms with van der Waals surface area (Å²) in [6.45, 7) is 0. The molecule has 0 spiro atoms. The Labute approximate surface area is 99.5 Å². The Morgan fingerprint density at radius 1 is 1.29 bits per heavy atom. The first-order valence-electron chi connectivity index (χ1n) is 4.62. The maximum Gasteiger partial charge on any atom is 0.337 e. The topological polar surface area (TPSA) is 90.8 Å². The molecule has 0 aliphatic heterocycles. The van der Waals surface area contributed by atoms with Crippen molar-refractivity contribution < 1.29 is 18.3 Å². The summed E-state index contributed by atoms with van der Waals surface area (Å²) in [5.41, 5.74) is 0.00408. The first-order valence-corrected chi connectivity index (χ1v) is 6.02. The molecule has 0 fully saturated rings. The van der Waals surface area contributed by atoms with Crippen molar-refractivity contribution in [1.82, 2.24) is 9.29 Å². The molecular weight excluding hydrogens is 246 g/mol. The summed E-state index contributed by atoms with van der Waals surface area (Å²) in [5, 5.41) is 8.68. The van der Waals surface area contributed by atoms with Crippen LogP contribution in [-0.4, -0.2) is 49.9 Å². The second kappa shape index (κ2) is 4.68. The van der Waals surface area contributed by atoms with Crippen LogP contribution in [-0.2, 0) is 10.2 Å². The molecule has 0 saturated carbocycles. The fraction of sp³-hybridized carbons (Fsp3) is 0.333. The van der Waals surface area contributed by atoms with Gasteiger partial charge in [0.2, 0.25) is 0 Å². The summed E-state index contributed by atoms with van der Waals surface area (Å²) < 4.78 is 25.5. The Bertz CT molecular complexity index is 510. The second-order valence-electron chi connectivity index (χ2n) is 3.47. The average molecular weight is 259 g/mol. The van der Waals surface area contributed by atoms with Gasteiger partial charge in [0.15, 0.2) is 0 Å². The van der Waals surface area contributed by atoms with E-state index in [0.29, 0.717) is 0 Å². The van der Waals surface area contributed by atoms with E-state index >= 15 is 0 Å². The summed E-state index contributed by atoms with van der Waals surface area (Å²) in [7, 11) is 0.540. The van der Waals surface area contributed by atoms with E-state index in [1.54, 1.807) is 0 Å². The normalized spacial score (nSPS) is 11.5. The number of aromatic nitrogens is 1. The highest BCUT2D eigenvalue weighted by Crippen LogP contribution is 2.14. The van der Waals surface area contributed by atoms with E-state index in [9.17, 15) is 13.2 Å². The van der Waals surface area contributed by atoms with Gasteiger partial charge in [0.05, 0.1) is 5.56 Å². The minimum Gasteiger partial charge on any atom is -0.478 e. The highest BCUT2D eigenvalue weighted by Gasteiger charge is 2.21. The standard InChI is InChI=1S/C9H13N3O4S/c1-11(2)17(15,16)12(3)8-5-4-7(6-10-8)9(13)14/h4-6H,1-3H3,(H,13,14). The molecule has 7 nitrogen and oxygen atoms in total. The van der Waals surface area contributed by atoms with E-state index < -0.39 is 16.2 Å². The minimum atomic E-state index is -3.61. The van der Waals surface area contributed by atoms with Gasteiger partial charge < -0.3 is 5.11 Å². The Morgan fingerprint density at radius 2 is 1.88 bits per heavy atom. The molecule has 0 bridgehead atoms. The molecular formula is C9H13N3O4S. The number of anilines is 1. The lowest BCUT2D eigenvalue weighted by Crippen LogP contribution is -2.37. The lowest BCUT2D eigenvalue weighted by Gasteiger charge is -2.22. The number of aromatic carboxylic acids is 1. The summed E-state index contributed by atoms with van der Waals surface area (Å²) in [6.07, 6.45) is 1.11. The van der Waals surface area contributed by atoms with Gasteiger partial charge in [-0.25, -0.2) is 14.1 Å². The fourth-order valence-corrected chi connectivity index (χ4v) is 1.90. The number of carbonyl (C=O) groups is 1. The first kappa shape index (κ1) is 13.4. The van der Waals surface area contributed by atoms with E-state index in [4.69, 9.17) is 5.11 Å². The van der Waals surface area contributed by atoms with Gasteiger partial charge in [-0.2, -0.15) is 12.7 Å². The second-order valence-corrected chi connectivity index (χ2v) is 5.64. The number of hydrogen-bond acceptors (Lipinski definition) is 4. The van der Waals surface area contributed by atoms with E-state index in [0.717, 1.165) is 14.8 Å². The van der Waals surface area contributed by atoms with Gasteiger partial charge >= 0.3 is 16.2 Å². The van der Waals surface area contributed by atoms with Crippen molar-refractivity contribution in [2.24, 2.45) is 0 Å². The predicted molar refractivity (Wildman–Crippen MR) is 62.2 cm³/mol. The molecule has 1 heterocycles. The molecule has 0 saturated heterocycles. The lowest BCUT2D eigenvalue weighted by atomic mass is 10.3. The Balaban J connectivity index is 3.06. The summed E-state index contributed by atoms with van der Waals surface area (Å²) >= 11 is 0. The van der Waals surface area contributed by atoms with Gasteiger partial charge in [-0.15, -0.1) is 0 Å². The summed E-state index contributed by atoms with van der Waals surface area (Å²) in [6, 6.07) is 2.64. The van der Waals surface area contributed by atoms with Crippen molar-refractivity contribution in [2.75, 3.05) is 25.4 Å². The minimum absolute atomic E-state index is 0.00408. The molecule has 0 unspecified atom stereocenters. The van der Waals surface area contributed by atoms with Crippen LogP contribution in [0.1, 0.15) is 10.4 Å². The third-order valence-electron chi connectivity index (χ3n) is 2.12. The quantitative estimate of drug-likeness (QED) is 0.823.